The molecule has 0 aliphatic carbocycles. The molecule has 0 unspecified atom stereocenters. The number of fused-ring (bicyclic) bond motifs is 1. The van der Waals surface area contributed by atoms with Gasteiger partial charge in [0.1, 0.15) is 0 Å². The Morgan fingerprint density at radius 1 is 1.33 bits per heavy atom. The number of carboxylic acid groups (broad SMARTS) is 1. The number of carbonyl (C=O) groups is 1. The molecule has 1 aromatic heterocycles. The third-order valence-electron chi connectivity index (χ3n) is 3.32. The van der Waals surface area contributed by atoms with E-state index >= 15 is 0 Å². The molecule has 0 aliphatic rings. The van der Waals surface area contributed by atoms with Gasteiger partial charge in [-0.25, -0.2) is 4.79 Å². The maximum absolute atomic E-state index is 11.1. The lowest BCUT2D eigenvalue weighted by molar-refractivity contribution is 0.0697. The molecule has 0 saturated heterocycles. The van der Waals surface area contributed by atoms with Crippen molar-refractivity contribution in [2.24, 2.45) is 0 Å². The van der Waals surface area contributed by atoms with Gasteiger partial charge >= 0.3 is 5.97 Å². The van der Waals surface area contributed by atoms with Crippen LogP contribution in [-0.2, 0) is 13.0 Å². The fourth-order valence-corrected chi connectivity index (χ4v) is 2.35. The van der Waals surface area contributed by atoms with E-state index in [2.05, 4.69) is 24.6 Å². The number of hydrogen-bond donors (Lipinski definition) is 1. The SMILES string of the molecule is CCCCn1ccc2cc(C(=O)O)cc(CC)c21. The van der Waals surface area contributed by atoms with Crippen molar-refractivity contribution >= 4 is 16.9 Å². The summed E-state index contributed by atoms with van der Waals surface area (Å²) in [6.45, 7) is 5.24. The molecule has 0 spiro atoms. The highest BCUT2D eigenvalue weighted by atomic mass is 16.4. The number of carboxylic acids is 1. The molecule has 96 valence electrons. The predicted octanol–water partition coefficient (Wildman–Crippen LogP) is 3.70. The van der Waals surface area contributed by atoms with E-state index < -0.39 is 5.97 Å². The lowest BCUT2D eigenvalue weighted by Gasteiger charge is -2.09. The van der Waals surface area contributed by atoms with Gasteiger partial charge in [-0.2, -0.15) is 0 Å². The Hall–Kier alpha value is -1.77. The molecule has 1 heterocycles. The number of nitrogens with zero attached hydrogens (tertiary/aromatic N) is 1. The van der Waals surface area contributed by atoms with E-state index in [1.807, 2.05) is 6.07 Å². The molecule has 1 aromatic carbocycles. The average molecular weight is 245 g/mol. The van der Waals surface area contributed by atoms with Crippen LogP contribution >= 0.6 is 0 Å². The van der Waals surface area contributed by atoms with Crippen LogP contribution in [0.3, 0.4) is 0 Å². The third kappa shape index (κ3) is 2.26. The Kier molecular flexibility index (Phi) is 3.70. The monoisotopic (exact) mass is 245 g/mol. The largest absolute Gasteiger partial charge is 0.478 e. The van der Waals surface area contributed by atoms with Crippen LogP contribution in [0.2, 0.25) is 0 Å². The second kappa shape index (κ2) is 5.25. The van der Waals surface area contributed by atoms with Gasteiger partial charge in [0.2, 0.25) is 0 Å². The molecular weight excluding hydrogens is 226 g/mol. The number of rotatable bonds is 5. The first kappa shape index (κ1) is 12.7. The van der Waals surface area contributed by atoms with Crippen LogP contribution in [0.5, 0.6) is 0 Å². The quantitative estimate of drug-likeness (QED) is 0.872. The Labute approximate surface area is 107 Å². The molecule has 3 nitrogen and oxygen atoms in total. The summed E-state index contributed by atoms with van der Waals surface area (Å²) < 4.78 is 2.24. The van der Waals surface area contributed by atoms with Crippen molar-refractivity contribution in [3.63, 3.8) is 0 Å². The Morgan fingerprint density at radius 2 is 2.11 bits per heavy atom. The topological polar surface area (TPSA) is 42.2 Å². The smallest absolute Gasteiger partial charge is 0.335 e. The minimum Gasteiger partial charge on any atom is -0.478 e. The first-order valence-corrected chi connectivity index (χ1v) is 6.52. The molecule has 0 atom stereocenters. The molecule has 0 aliphatic heterocycles. The number of aryl methyl sites for hydroxylation is 2. The lowest BCUT2D eigenvalue weighted by atomic mass is 10.0. The van der Waals surface area contributed by atoms with Crippen molar-refractivity contribution in [2.45, 2.75) is 39.7 Å². The number of benzene rings is 1. The molecule has 2 aromatic rings. The van der Waals surface area contributed by atoms with Gasteiger partial charge in [-0.15, -0.1) is 0 Å². The van der Waals surface area contributed by atoms with Crippen molar-refractivity contribution in [3.05, 3.63) is 35.5 Å². The van der Waals surface area contributed by atoms with Gasteiger partial charge in [-0.3, -0.25) is 0 Å². The van der Waals surface area contributed by atoms with Crippen molar-refractivity contribution < 1.29 is 9.90 Å². The van der Waals surface area contributed by atoms with E-state index in [0.29, 0.717) is 5.56 Å². The molecule has 1 N–H and O–H groups in total. The van der Waals surface area contributed by atoms with Gasteiger partial charge in [0.05, 0.1) is 11.1 Å². The van der Waals surface area contributed by atoms with Gasteiger partial charge in [0, 0.05) is 18.1 Å². The third-order valence-corrected chi connectivity index (χ3v) is 3.32. The number of aromatic carboxylic acids is 1. The minimum atomic E-state index is -0.854. The summed E-state index contributed by atoms with van der Waals surface area (Å²) in [5.74, 6) is -0.854. The summed E-state index contributed by atoms with van der Waals surface area (Å²) in [7, 11) is 0. The van der Waals surface area contributed by atoms with Crippen LogP contribution in [0, 0.1) is 0 Å². The van der Waals surface area contributed by atoms with Gasteiger partial charge < -0.3 is 9.67 Å². The molecule has 18 heavy (non-hydrogen) atoms. The summed E-state index contributed by atoms with van der Waals surface area (Å²) in [5.41, 5.74) is 2.69. The van der Waals surface area contributed by atoms with Crippen LogP contribution in [0.25, 0.3) is 10.9 Å². The zero-order valence-electron chi connectivity index (χ0n) is 10.9. The predicted molar refractivity (Wildman–Crippen MR) is 73.2 cm³/mol. The van der Waals surface area contributed by atoms with Crippen LogP contribution in [0.1, 0.15) is 42.6 Å². The van der Waals surface area contributed by atoms with Gasteiger partial charge in [-0.05, 0) is 36.6 Å². The summed E-state index contributed by atoms with van der Waals surface area (Å²) >= 11 is 0. The normalized spacial score (nSPS) is 11.0. The van der Waals surface area contributed by atoms with E-state index in [-0.39, 0.29) is 0 Å². The van der Waals surface area contributed by atoms with E-state index in [1.165, 1.54) is 5.52 Å². The zero-order chi connectivity index (χ0) is 13.1. The fourth-order valence-electron chi connectivity index (χ4n) is 2.35. The van der Waals surface area contributed by atoms with Gasteiger partial charge in [-0.1, -0.05) is 20.3 Å². The lowest BCUT2D eigenvalue weighted by Crippen LogP contribution is -2.01. The van der Waals surface area contributed by atoms with Crippen molar-refractivity contribution in [3.8, 4) is 0 Å². The van der Waals surface area contributed by atoms with E-state index in [0.717, 1.165) is 36.8 Å². The molecule has 0 amide bonds. The maximum Gasteiger partial charge on any atom is 0.335 e. The summed E-state index contributed by atoms with van der Waals surface area (Å²) in [6.07, 6.45) is 5.22. The molecule has 0 bridgehead atoms. The fraction of sp³-hybridized carbons (Fsp3) is 0.400. The van der Waals surface area contributed by atoms with E-state index in [1.54, 1.807) is 12.1 Å². The maximum atomic E-state index is 11.1. The van der Waals surface area contributed by atoms with E-state index in [4.69, 9.17) is 5.11 Å². The summed E-state index contributed by atoms with van der Waals surface area (Å²) in [5, 5.41) is 10.1. The zero-order valence-corrected chi connectivity index (χ0v) is 10.9. The second-order valence-corrected chi connectivity index (χ2v) is 4.59. The van der Waals surface area contributed by atoms with Crippen molar-refractivity contribution in [1.82, 2.24) is 4.57 Å². The van der Waals surface area contributed by atoms with Crippen LogP contribution in [-0.4, -0.2) is 15.6 Å². The van der Waals surface area contributed by atoms with Crippen LogP contribution in [0.4, 0.5) is 0 Å². The Bertz CT molecular complexity index is 569. The minimum absolute atomic E-state index is 0.382. The van der Waals surface area contributed by atoms with Crippen LogP contribution < -0.4 is 0 Å². The van der Waals surface area contributed by atoms with Crippen molar-refractivity contribution in [1.29, 1.82) is 0 Å². The summed E-state index contributed by atoms with van der Waals surface area (Å²) in [6, 6.07) is 5.57. The molecule has 0 fully saturated rings. The first-order chi connectivity index (χ1) is 8.67. The standard InChI is InChI=1S/C15H19NO2/c1-3-5-7-16-8-6-12-10-13(15(17)18)9-11(4-2)14(12)16/h6,8-10H,3-5,7H2,1-2H3,(H,17,18). The van der Waals surface area contributed by atoms with E-state index in [9.17, 15) is 4.79 Å². The highest BCUT2D eigenvalue weighted by Crippen LogP contribution is 2.24. The molecule has 0 radical (unpaired) electrons. The van der Waals surface area contributed by atoms with Gasteiger partial charge in [0.15, 0.2) is 0 Å². The van der Waals surface area contributed by atoms with Crippen molar-refractivity contribution in [2.75, 3.05) is 0 Å². The number of hydrogen-bond acceptors (Lipinski definition) is 1. The highest BCUT2D eigenvalue weighted by molar-refractivity contribution is 5.95. The van der Waals surface area contributed by atoms with Crippen LogP contribution in [0.15, 0.2) is 24.4 Å². The molecular formula is C15H19NO2. The second-order valence-electron chi connectivity index (χ2n) is 4.59. The van der Waals surface area contributed by atoms with Gasteiger partial charge in [0.25, 0.3) is 0 Å². The number of unbranched alkanes of at least 4 members (excludes halogenated alkanes) is 1. The number of aromatic nitrogens is 1. The average Bonchev–Trinajstić information content (AvgIpc) is 2.78. The Balaban J connectivity index is 2.55. The Morgan fingerprint density at radius 3 is 2.72 bits per heavy atom. The molecule has 3 heteroatoms. The summed E-state index contributed by atoms with van der Waals surface area (Å²) in [4.78, 5) is 11.1. The first-order valence-electron chi connectivity index (χ1n) is 6.52. The highest BCUT2D eigenvalue weighted by Gasteiger charge is 2.11. The molecule has 2 rings (SSSR count). The molecule has 0 saturated carbocycles.